The van der Waals surface area contributed by atoms with E-state index in [1.54, 1.807) is 24.3 Å². The summed E-state index contributed by atoms with van der Waals surface area (Å²) >= 11 is 0. The highest BCUT2D eigenvalue weighted by atomic mass is 13.8. The van der Waals surface area contributed by atoms with E-state index in [0.29, 0.717) is 0 Å². The molecule has 2 aromatic carbocycles. The second-order valence-corrected chi connectivity index (χ2v) is 4.23. The Morgan fingerprint density at radius 2 is 0.818 bits per heavy atom. The molecule has 0 nitrogen and oxygen atoms in total. The maximum atomic E-state index is 3.03. The highest BCUT2D eigenvalue weighted by Gasteiger charge is 1.79. The first-order valence-electron chi connectivity index (χ1n) is 6.89. The predicted octanol–water partition coefficient (Wildman–Crippen LogP) is 4.21. The SMILES string of the molecule is C(#C/C=C\C#Cc1ccccc1)/C=C\C#Cc1ccccc1. The Bertz CT molecular complexity index is 747. The minimum absolute atomic E-state index is 0.996. The van der Waals surface area contributed by atoms with Gasteiger partial charge in [0.15, 0.2) is 0 Å². The van der Waals surface area contributed by atoms with Gasteiger partial charge in [0.1, 0.15) is 0 Å². The van der Waals surface area contributed by atoms with Gasteiger partial charge in [-0.2, -0.15) is 0 Å². The molecule has 0 heteroatoms. The van der Waals surface area contributed by atoms with E-state index in [1.165, 1.54) is 0 Å². The molecule has 2 rings (SSSR count). The van der Waals surface area contributed by atoms with Crippen LogP contribution in [0.15, 0.2) is 85.0 Å². The van der Waals surface area contributed by atoms with Gasteiger partial charge in [-0.1, -0.05) is 71.9 Å². The molecule has 22 heavy (non-hydrogen) atoms. The van der Waals surface area contributed by atoms with E-state index in [1.807, 2.05) is 60.7 Å². The van der Waals surface area contributed by atoms with Crippen LogP contribution < -0.4 is 0 Å². The van der Waals surface area contributed by atoms with Crippen LogP contribution in [0.1, 0.15) is 11.1 Å². The lowest BCUT2D eigenvalue weighted by molar-refractivity contribution is 1.65. The number of allylic oxidation sites excluding steroid dienone is 4. The second kappa shape index (κ2) is 9.50. The van der Waals surface area contributed by atoms with E-state index in [2.05, 4.69) is 35.5 Å². The molecular formula is C22H14. The van der Waals surface area contributed by atoms with Crippen LogP contribution >= 0.6 is 0 Å². The molecule has 102 valence electrons. The van der Waals surface area contributed by atoms with E-state index < -0.39 is 0 Å². The second-order valence-electron chi connectivity index (χ2n) is 4.23. The first kappa shape index (κ1) is 15.0. The number of hydrogen-bond donors (Lipinski definition) is 0. The van der Waals surface area contributed by atoms with Crippen LogP contribution in [0.4, 0.5) is 0 Å². The lowest BCUT2D eigenvalue weighted by Gasteiger charge is -1.84. The summed E-state index contributed by atoms with van der Waals surface area (Å²) in [6.07, 6.45) is 6.93. The zero-order chi connectivity index (χ0) is 15.3. The third-order valence-electron chi connectivity index (χ3n) is 2.56. The molecule has 0 aromatic heterocycles. The highest BCUT2D eigenvalue weighted by Crippen LogP contribution is 1.95. The number of rotatable bonds is 0. The fourth-order valence-electron chi connectivity index (χ4n) is 1.56. The van der Waals surface area contributed by atoms with Gasteiger partial charge >= 0.3 is 0 Å². The van der Waals surface area contributed by atoms with Crippen molar-refractivity contribution < 1.29 is 0 Å². The molecule has 0 saturated carbocycles. The maximum Gasteiger partial charge on any atom is 0.0248 e. The smallest absolute Gasteiger partial charge is 0.0248 e. The summed E-state index contributed by atoms with van der Waals surface area (Å²) in [6, 6.07) is 19.7. The van der Waals surface area contributed by atoms with E-state index in [9.17, 15) is 0 Å². The van der Waals surface area contributed by atoms with Crippen molar-refractivity contribution in [3.05, 3.63) is 96.1 Å². The third kappa shape index (κ3) is 6.16. The topological polar surface area (TPSA) is 0 Å². The van der Waals surface area contributed by atoms with Crippen molar-refractivity contribution in [1.82, 2.24) is 0 Å². The zero-order valence-electron chi connectivity index (χ0n) is 12.1. The van der Waals surface area contributed by atoms with Crippen LogP contribution in [0.25, 0.3) is 0 Å². The number of benzene rings is 2. The lowest BCUT2D eigenvalue weighted by Crippen LogP contribution is -1.68. The average molecular weight is 278 g/mol. The first-order chi connectivity index (χ1) is 10.9. The zero-order valence-corrected chi connectivity index (χ0v) is 12.1. The minimum atomic E-state index is 0.996. The molecule has 2 aromatic rings. The van der Waals surface area contributed by atoms with Gasteiger partial charge in [0, 0.05) is 11.1 Å². The van der Waals surface area contributed by atoms with Crippen molar-refractivity contribution in [1.29, 1.82) is 0 Å². The predicted molar refractivity (Wildman–Crippen MR) is 92.7 cm³/mol. The lowest BCUT2D eigenvalue weighted by atomic mass is 10.2. The molecule has 0 radical (unpaired) electrons. The van der Waals surface area contributed by atoms with Crippen LogP contribution in [0.5, 0.6) is 0 Å². The molecule has 0 fully saturated rings. The van der Waals surface area contributed by atoms with Gasteiger partial charge in [-0.3, -0.25) is 0 Å². The summed E-state index contributed by atoms with van der Waals surface area (Å²) in [7, 11) is 0. The average Bonchev–Trinajstić information content (AvgIpc) is 2.58. The van der Waals surface area contributed by atoms with Crippen molar-refractivity contribution in [2.24, 2.45) is 0 Å². The maximum absolute atomic E-state index is 3.03. The Kier molecular flexibility index (Phi) is 6.47. The Morgan fingerprint density at radius 3 is 1.23 bits per heavy atom. The van der Waals surface area contributed by atoms with Crippen LogP contribution in [0.2, 0.25) is 0 Å². The fourth-order valence-corrected chi connectivity index (χ4v) is 1.56. The quantitative estimate of drug-likeness (QED) is 0.633. The fraction of sp³-hybridized carbons (Fsp3) is 0. The van der Waals surface area contributed by atoms with Crippen molar-refractivity contribution in [2.45, 2.75) is 0 Å². The van der Waals surface area contributed by atoms with Gasteiger partial charge in [0.25, 0.3) is 0 Å². The molecule has 0 amide bonds. The Hall–Kier alpha value is -3.40. The van der Waals surface area contributed by atoms with Crippen LogP contribution in [-0.2, 0) is 0 Å². The summed E-state index contributed by atoms with van der Waals surface area (Å²) in [6.45, 7) is 0. The summed E-state index contributed by atoms with van der Waals surface area (Å²) in [5.41, 5.74) is 1.99. The van der Waals surface area contributed by atoms with E-state index in [4.69, 9.17) is 0 Å². The van der Waals surface area contributed by atoms with Gasteiger partial charge in [0.2, 0.25) is 0 Å². The number of hydrogen-bond acceptors (Lipinski definition) is 0. The molecule has 0 saturated heterocycles. The van der Waals surface area contributed by atoms with Crippen molar-refractivity contribution in [2.75, 3.05) is 0 Å². The largest absolute Gasteiger partial charge is 0.0696 e. The van der Waals surface area contributed by atoms with Gasteiger partial charge in [-0.05, 0) is 48.6 Å². The molecule has 0 heterocycles. The summed E-state index contributed by atoms with van der Waals surface area (Å²) in [5.74, 6) is 17.7. The van der Waals surface area contributed by atoms with E-state index in [-0.39, 0.29) is 0 Å². The summed E-state index contributed by atoms with van der Waals surface area (Å²) < 4.78 is 0. The third-order valence-corrected chi connectivity index (χ3v) is 2.56. The van der Waals surface area contributed by atoms with Crippen molar-refractivity contribution >= 4 is 0 Å². The van der Waals surface area contributed by atoms with Crippen LogP contribution in [-0.4, -0.2) is 0 Å². The van der Waals surface area contributed by atoms with Gasteiger partial charge in [-0.25, -0.2) is 0 Å². The molecule has 0 aliphatic carbocycles. The van der Waals surface area contributed by atoms with Crippen molar-refractivity contribution in [3.63, 3.8) is 0 Å². The molecule has 0 atom stereocenters. The molecule has 0 unspecified atom stereocenters. The van der Waals surface area contributed by atoms with Crippen LogP contribution in [0, 0.1) is 35.5 Å². The Morgan fingerprint density at radius 1 is 0.455 bits per heavy atom. The molecule has 0 bridgehead atoms. The van der Waals surface area contributed by atoms with Gasteiger partial charge in [-0.15, -0.1) is 0 Å². The first-order valence-corrected chi connectivity index (χ1v) is 6.89. The Balaban J connectivity index is 1.80. The minimum Gasteiger partial charge on any atom is -0.0696 e. The highest BCUT2D eigenvalue weighted by molar-refractivity contribution is 5.40. The monoisotopic (exact) mass is 278 g/mol. The molecular weight excluding hydrogens is 264 g/mol. The summed E-state index contributed by atoms with van der Waals surface area (Å²) in [4.78, 5) is 0. The molecule has 0 aliphatic rings. The standard InChI is InChI=1S/C22H14/c1(3-5-9-15-21-17-11-7-12-18-21)2-4-6-10-16-22-19-13-8-14-20-22/h3-8,11-14,17-20H/b5-3-,6-4-. The van der Waals surface area contributed by atoms with E-state index in [0.717, 1.165) is 11.1 Å². The molecule has 0 aliphatic heterocycles. The molecule has 0 spiro atoms. The Labute approximate surface area is 132 Å². The van der Waals surface area contributed by atoms with Gasteiger partial charge < -0.3 is 0 Å². The van der Waals surface area contributed by atoms with E-state index >= 15 is 0 Å². The molecule has 0 N–H and O–H groups in total. The normalized spacial score (nSPS) is 9.27. The van der Waals surface area contributed by atoms with Crippen LogP contribution in [0.3, 0.4) is 0 Å². The summed E-state index contributed by atoms with van der Waals surface area (Å²) in [5, 5.41) is 0. The van der Waals surface area contributed by atoms with Crippen molar-refractivity contribution in [3.8, 4) is 35.5 Å². The van der Waals surface area contributed by atoms with Gasteiger partial charge in [0.05, 0.1) is 0 Å².